The molecule has 0 aliphatic heterocycles. The molecule has 0 aromatic heterocycles. The summed E-state index contributed by atoms with van der Waals surface area (Å²) in [4.78, 5) is 33.0. The Kier molecular flexibility index (Phi) is 5.71. The van der Waals surface area contributed by atoms with Crippen LogP contribution < -0.4 is 10.1 Å². The number of aryl methyl sites for hydroxylation is 2. The fourth-order valence-electron chi connectivity index (χ4n) is 1.78. The summed E-state index contributed by atoms with van der Waals surface area (Å²) in [6.07, 6.45) is -0.690. The monoisotopic (exact) mass is 295 g/mol. The average molecular weight is 295 g/mol. The van der Waals surface area contributed by atoms with Crippen LogP contribution in [0.1, 0.15) is 17.5 Å². The minimum absolute atomic E-state index is 0.380. The van der Waals surface area contributed by atoms with Crippen molar-refractivity contribution in [2.24, 2.45) is 0 Å². The number of nitrogens with one attached hydrogen (secondary N) is 1. The van der Waals surface area contributed by atoms with Crippen molar-refractivity contribution in [3.05, 3.63) is 29.3 Å². The Labute approximate surface area is 121 Å². The first kappa shape index (κ1) is 16.5. The topological polar surface area (TPSA) is 113 Å². The molecular weight excluding hydrogens is 278 g/mol. The van der Waals surface area contributed by atoms with Gasteiger partial charge in [0.1, 0.15) is 11.8 Å². The normalized spacial score (nSPS) is 11.5. The second-order valence-corrected chi connectivity index (χ2v) is 4.57. The van der Waals surface area contributed by atoms with Crippen molar-refractivity contribution in [1.29, 1.82) is 0 Å². The fraction of sp³-hybridized carbons (Fsp3) is 0.357. The van der Waals surface area contributed by atoms with Gasteiger partial charge in [-0.25, -0.2) is 4.79 Å². The molecule has 0 bridgehead atoms. The summed E-state index contributed by atoms with van der Waals surface area (Å²) in [5, 5.41) is 19.5. The first-order valence-corrected chi connectivity index (χ1v) is 6.24. The van der Waals surface area contributed by atoms with E-state index < -0.39 is 30.3 Å². The van der Waals surface area contributed by atoms with E-state index in [9.17, 15) is 14.4 Å². The van der Waals surface area contributed by atoms with Crippen LogP contribution in [0.4, 0.5) is 0 Å². The highest BCUT2D eigenvalue weighted by Crippen LogP contribution is 2.21. The molecule has 1 rings (SSSR count). The highest BCUT2D eigenvalue weighted by atomic mass is 16.5. The number of aliphatic carboxylic acids is 2. The van der Waals surface area contributed by atoms with Gasteiger partial charge in [0, 0.05) is 0 Å². The summed E-state index contributed by atoms with van der Waals surface area (Å²) < 4.78 is 5.36. The first-order chi connectivity index (χ1) is 9.81. The Bertz CT molecular complexity index is 534. The Hall–Kier alpha value is -2.57. The van der Waals surface area contributed by atoms with Gasteiger partial charge in [-0.15, -0.1) is 0 Å². The number of rotatable bonds is 7. The summed E-state index contributed by atoms with van der Waals surface area (Å²) in [7, 11) is 0. The molecular formula is C14H17NO6. The number of amides is 1. The zero-order chi connectivity index (χ0) is 16.0. The molecule has 0 aliphatic rings. The van der Waals surface area contributed by atoms with Crippen molar-refractivity contribution < 1.29 is 29.3 Å². The molecule has 0 saturated heterocycles. The maximum Gasteiger partial charge on any atom is 0.326 e. The number of para-hydroxylation sites is 1. The average Bonchev–Trinajstić information content (AvgIpc) is 2.36. The van der Waals surface area contributed by atoms with Crippen molar-refractivity contribution in [3.63, 3.8) is 0 Å². The molecule has 0 spiro atoms. The number of carboxylic acids is 2. The third kappa shape index (κ3) is 5.13. The predicted octanol–water partition coefficient (Wildman–Crippen LogP) is 0.726. The Balaban J connectivity index is 2.61. The van der Waals surface area contributed by atoms with Gasteiger partial charge in [-0.05, 0) is 25.0 Å². The standard InChI is InChI=1S/C14H17NO6/c1-8-4-3-5-9(2)13(8)21-7-11(16)15-10(14(19)20)6-12(17)18/h3-5,10H,6-7H2,1-2H3,(H,15,16)(H,17,18)(H,19,20). The van der Waals surface area contributed by atoms with E-state index >= 15 is 0 Å². The van der Waals surface area contributed by atoms with E-state index in [1.807, 2.05) is 32.0 Å². The maximum atomic E-state index is 11.6. The van der Waals surface area contributed by atoms with E-state index in [2.05, 4.69) is 5.32 Å². The van der Waals surface area contributed by atoms with E-state index in [-0.39, 0.29) is 6.61 Å². The van der Waals surface area contributed by atoms with Crippen LogP contribution in [0.15, 0.2) is 18.2 Å². The van der Waals surface area contributed by atoms with Gasteiger partial charge < -0.3 is 20.3 Å². The number of hydrogen-bond donors (Lipinski definition) is 3. The van der Waals surface area contributed by atoms with Gasteiger partial charge in [-0.1, -0.05) is 18.2 Å². The lowest BCUT2D eigenvalue weighted by atomic mass is 10.1. The third-order valence-electron chi connectivity index (χ3n) is 2.77. The van der Waals surface area contributed by atoms with Gasteiger partial charge in [0.25, 0.3) is 5.91 Å². The van der Waals surface area contributed by atoms with Crippen molar-refractivity contribution in [3.8, 4) is 5.75 Å². The molecule has 1 amide bonds. The Morgan fingerprint density at radius 1 is 1.19 bits per heavy atom. The lowest BCUT2D eigenvalue weighted by molar-refractivity contribution is -0.147. The van der Waals surface area contributed by atoms with E-state index in [0.717, 1.165) is 11.1 Å². The number of carboxylic acid groups (broad SMARTS) is 2. The van der Waals surface area contributed by atoms with Gasteiger partial charge in [-0.3, -0.25) is 9.59 Å². The largest absolute Gasteiger partial charge is 0.483 e. The van der Waals surface area contributed by atoms with Gasteiger partial charge >= 0.3 is 11.9 Å². The van der Waals surface area contributed by atoms with E-state index in [0.29, 0.717) is 5.75 Å². The number of benzene rings is 1. The highest BCUT2D eigenvalue weighted by molar-refractivity contribution is 5.87. The fourth-order valence-corrected chi connectivity index (χ4v) is 1.78. The van der Waals surface area contributed by atoms with Crippen molar-refractivity contribution in [2.75, 3.05) is 6.61 Å². The molecule has 114 valence electrons. The van der Waals surface area contributed by atoms with Crippen LogP contribution in [0.3, 0.4) is 0 Å². The SMILES string of the molecule is Cc1cccc(C)c1OCC(=O)NC(CC(=O)O)C(=O)O. The van der Waals surface area contributed by atoms with Crippen LogP contribution in [0, 0.1) is 13.8 Å². The summed E-state index contributed by atoms with van der Waals surface area (Å²) >= 11 is 0. The molecule has 3 N–H and O–H groups in total. The van der Waals surface area contributed by atoms with Crippen LogP contribution in [0.2, 0.25) is 0 Å². The smallest absolute Gasteiger partial charge is 0.326 e. The zero-order valence-electron chi connectivity index (χ0n) is 11.8. The van der Waals surface area contributed by atoms with Crippen LogP contribution in [0.5, 0.6) is 5.75 Å². The summed E-state index contributed by atoms with van der Waals surface area (Å²) in [5.41, 5.74) is 1.70. The molecule has 0 saturated carbocycles. The van der Waals surface area contributed by atoms with Crippen LogP contribution in [0.25, 0.3) is 0 Å². The Morgan fingerprint density at radius 2 is 1.76 bits per heavy atom. The van der Waals surface area contributed by atoms with Crippen LogP contribution in [-0.4, -0.2) is 40.7 Å². The lowest BCUT2D eigenvalue weighted by Crippen LogP contribution is -2.44. The predicted molar refractivity (Wildman–Crippen MR) is 73.2 cm³/mol. The quantitative estimate of drug-likeness (QED) is 0.683. The van der Waals surface area contributed by atoms with Crippen molar-refractivity contribution >= 4 is 17.8 Å². The van der Waals surface area contributed by atoms with Crippen LogP contribution >= 0.6 is 0 Å². The number of carbonyl (C=O) groups excluding carboxylic acids is 1. The van der Waals surface area contributed by atoms with Crippen molar-refractivity contribution in [1.82, 2.24) is 5.32 Å². The van der Waals surface area contributed by atoms with Crippen LogP contribution in [-0.2, 0) is 14.4 Å². The maximum absolute atomic E-state index is 11.6. The molecule has 0 aliphatic carbocycles. The highest BCUT2D eigenvalue weighted by Gasteiger charge is 2.23. The molecule has 1 aromatic carbocycles. The second kappa shape index (κ2) is 7.28. The van der Waals surface area contributed by atoms with Crippen molar-refractivity contribution in [2.45, 2.75) is 26.3 Å². The number of hydrogen-bond acceptors (Lipinski definition) is 4. The molecule has 0 heterocycles. The number of carbonyl (C=O) groups is 3. The number of ether oxygens (including phenoxy) is 1. The van der Waals surface area contributed by atoms with Gasteiger partial charge in [0.15, 0.2) is 6.61 Å². The summed E-state index contributed by atoms with van der Waals surface area (Å²) in [6, 6.07) is 4.02. The van der Waals surface area contributed by atoms with Gasteiger partial charge in [0.05, 0.1) is 6.42 Å². The van der Waals surface area contributed by atoms with E-state index in [4.69, 9.17) is 14.9 Å². The minimum atomic E-state index is -1.48. The first-order valence-electron chi connectivity index (χ1n) is 6.24. The van der Waals surface area contributed by atoms with E-state index in [1.54, 1.807) is 0 Å². The molecule has 0 fully saturated rings. The summed E-state index contributed by atoms with van der Waals surface area (Å²) in [6.45, 7) is 3.27. The zero-order valence-corrected chi connectivity index (χ0v) is 11.8. The molecule has 1 aromatic rings. The molecule has 7 heteroatoms. The molecule has 1 unspecified atom stereocenters. The molecule has 0 radical (unpaired) electrons. The second-order valence-electron chi connectivity index (χ2n) is 4.57. The Morgan fingerprint density at radius 3 is 2.24 bits per heavy atom. The van der Waals surface area contributed by atoms with E-state index in [1.165, 1.54) is 0 Å². The summed E-state index contributed by atoms with van der Waals surface area (Å²) in [5.74, 6) is -2.85. The minimum Gasteiger partial charge on any atom is -0.483 e. The molecule has 7 nitrogen and oxygen atoms in total. The molecule has 21 heavy (non-hydrogen) atoms. The molecule has 1 atom stereocenters. The van der Waals surface area contributed by atoms with Gasteiger partial charge in [-0.2, -0.15) is 0 Å². The third-order valence-corrected chi connectivity index (χ3v) is 2.77. The van der Waals surface area contributed by atoms with Gasteiger partial charge in [0.2, 0.25) is 0 Å². The lowest BCUT2D eigenvalue weighted by Gasteiger charge is -2.14.